The number of aromatic nitrogens is 2. The van der Waals surface area contributed by atoms with E-state index in [0.29, 0.717) is 37.3 Å². The third-order valence-corrected chi connectivity index (χ3v) is 4.06. The highest BCUT2D eigenvalue weighted by Gasteiger charge is 2.27. The van der Waals surface area contributed by atoms with Crippen LogP contribution in [0.5, 0.6) is 0 Å². The first-order valence-electron chi connectivity index (χ1n) is 8.07. The van der Waals surface area contributed by atoms with Gasteiger partial charge in [0.25, 0.3) is 0 Å². The van der Waals surface area contributed by atoms with Gasteiger partial charge >= 0.3 is 0 Å². The number of nitrogens with zero attached hydrogens (tertiary/aromatic N) is 4. The van der Waals surface area contributed by atoms with E-state index in [2.05, 4.69) is 26.9 Å². The molecular weight excluding hydrogens is 284 g/mol. The van der Waals surface area contributed by atoms with Crippen LogP contribution in [-0.2, 0) is 17.7 Å². The SMILES string of the molecule is CC[C@@H]1CN(Cc2nc(CCOC)no2)CCN1C[C@@H](C)O. The van der Waals surface area contributed by atoms with E-state index in [9.17, 15) is 5.11 Å². The van der Waals surface area contributed by atoms with Gasteiger partial charge in [0.05, 0.1) is 19.3 Å². The van der Waals surface area contributed by atoms with Crippen LogP contribution in [0, 0.1) is 0 Å². The van der Waals surface area contributed by atoms with Crippen LogP contribution in [0.1, 0.15) is 32.0 Å². The monoisotopic (exact) mass is 312 g/mol. The summed E-state index contributed by atoms with van der Waals surface area (Å²) in [5.41, 5.74) is 0. The largest absolute Gasteiger partial charge is 0.392 e. The Morgan fingerprint density at radius 2 is 2.27 bits per heavy atom. The summed E-state index contributed by atoms with van der Waals surface area (Å²) < 4.78 is 10.3. The second-order valence-corrected chi connectivity index (χ2v) is 5.99. The lowest BCUT2D eigenvalue weighted by Crippen LogP contribution is -2.54. The summed E-state index contributed by atoms with van der Waals surface area (Å²) in [6.45, 7) is 8.98. The number of piperazine rings is 1. The predicted molar refractivity (Wildman–Crippen MR) is 82.5 cm³/mol. The van der Waals surface area contributed by atoms with Crippen molar-refractivity contribution in [2.75, 3.05) is 39.9 Å². The standard InChI is InChI=1S/C15H28N4O3/c1-4-13-10-18(6-7-19(13)9-12(2)20)11-15-16-14(17-22-15)5-8-21-3/h12-13,20H,4-11H2,1-3H3/t12-,13-/m1/s1. The highest BCUT2D eigenvalue weighted by atomic mass is 16.5. The van der Waals surface area contributed by atoms with Crippen LogP contribution in [0.4, 0.5) is 0 Å². The van der Waals surface area contributed by atoms with Gasteiger partial charge in [0.2, 0.25) is 5.89 Å². The maximum atomic E-state index is 9.59. The molecule has 0 radical (unpaired) electrons. The van der Waals surface area contributed by atoms with Crippen LogP contribution in [0.2, 0.25) is 0 Å². The molecular formula is C15H28N4O3. The molecule has 1 saturated heterocycles. The van der Waals surface area contributed by atoms with Crippen LogP contribution >= 0.6 is 0 Å². The lowest BCUT2D eigenvalue weighted by atomic mass is 10.1. The zero-order valence-electron chi connectivity index (χ0n) is 13.9. The quantitative estimate of drug-likeness (QED) is 0.750. The van der Waals surface area contributed by atoms with E-state index >= 15 is 0 Å². The Morgan fingerprint density at radius 3 is 2.95 bits per heavy atom. The van der Waals surface area contributed by atoms with Crippen LogP contribution < -0.4 is 0 Å². The highest BCUT2D eigenvalue weighted by molar-refractivity contribution is 4.89. The number of β-amino-alcohol motifs (C(OH)–C–C–N with tert-alkyl or cyclic N) is 1. The first-order valence-corrected chi connectivity index (χ1v) is 8.07. The minimum absolute atomic E-state index is 0.278. The molecule has 1 aromatic rings. The van der Waals surface area contributed by atoms with Crippen molar-refractivity contribution in [3.05, 3.63) is 11.7 Å². The number of methoxy groups -OCH3 is 1. The molecule has 1 fully saturated rings. The molecule has 2 rings (SSSR count). The predicted octanol–water partition coefficient (Wildman–Crippen LogP) is 0.536. The van der Waals surface area contributed by atoms with E-state index in [1.165, 1.54) is 0 Å². The molecule has 2 heterocycles. The van der Waals surface area contributed by atoms with Crippen molar-refractivity contribution >= 4 is 0 Å². The van der Waals surface area contributed by atoms with Crippen molar-refractivity contribution in [1.29, 1.82) is 0 Å². The zero-order valence-corrected chi connectivity index (χ0v) is 13.9. The van der Waals surface area contributed by atoms with Gasteiger partial charge in [-0.25, -0.2) is 0 Å². The van der Waals surface area contributed by atoms with E-state index < -0.39 is 0 Å². The van der Waals surface area contributed by atoms with E-state index in [-0.39, 0.29) is 6.10 Å². The molecule has 0 saturated carbocycles. The Labute approximate surface area is 132 Å². The van der Waals surface area contributed by atoms with Gasteiger partial charge < -0.3 is 14.4 Å². The molecule has 0 bridgehead atoms. The second-order valence-electron chi connectivity index (χ2n) is 5.99. The van der Waals surface area contributed by atoms with Crippen molar-refractivity contribution in [2.24, 2.45) is 0 Å². The fraction of sp³-hybridized carbons (Fsp3) is 0.867. The van der Waals surface area contributed by atoms with Crippen molar-refractivity contribution in [1.82, 2.24) is 19.9 Å². The topological polar surface area (TPSA) is 74.9 Å². The molecule has 0 aromatic carbocycles. The number of aliphatic hydroxyl groups is 1. The summed E-state index contributed by atoms with van der Waals surface area (Å²) in [6.07, 6.45) is 1.48. The van der Waals surface area contributed by atoms with Gasteiger partial charge in [0.1, 0.15) is 0 Å². The van der Waals surface area contributed by atoms with Crippen molar-refractivity contribution in [3.63, 3.8) is 0 Å². The van der Waals surface area contributed by atoms with Gasteiger partial charge in [-0.15, -0.1) is 0 Å². The molecule has 126 valence electrons. The summed E-state index contributed by atoms with van der Waals surface area (Å²) in [5.74, 6) is 1.38. The molecule has 1 aliphatic rings. The lowest BCUT2D eigenvalue weighted by molar-refractivity contribution is 0.0302. The summed E-state index contributed by atoms with van der Waals surface area (Å²) in [6, 6.07) is 0.472. The molecule has 0 aliphatic carbocycles. The normalized spacial score (nSPS) is 22.1. The van der Waals surface area contributed by atoms with Gasteiger partial charge in [-0.3, -0.25) is 9.80 Å². The summed E-state index contributed by atoms with van der Waals surface area (Å²) in [4.78, 5) is 9.13. The smallest absolute Gasteiger partial charge is 0.240 e. The second kappa shape index (κ2) is 8.57. The molecule has 7 nitrogen and oxygen atoms in total. The average Bonchev–Trinajstić information content (AvgIpc) is 2.93. The fourth-order valence-corrected chi connectivity index (χ4v) is 2.91. The Bertz CT molecular complexity index is 438. The Balaban J connectivity index is 1.85. The van der Waals surface area contributed by atoms with E-state index in [1.807, 2.05) is 6.92 Å². The third kappa shape index (κ3) is 5.01. The maximum absolute atomic E-state index is 9.59. The van der Waals surface area contributed by atoms with Crippen molar-refractivity contribution < 1.29 is 14.4 Å². The molecule has 0 amide bonds. The average molecular weight is 312 g/mol. The molecule has 2 atom stereocenters. The number of hydrogen-bond donors (Lipinski definition) is 1. The molecule has 22 heavy (non-hydrogen) atoms. The Hall–Kier alpha value is -1.02. The van der Waals surface area contributed by atoms with Gasteiger partial charge in [-0.1, -0.05) is 12.1 Å². The first-order chi connectivity index (χ1) is 10.6. The molecule has 1 aromatic heterocycles. The highest BCUT2D eigenvalue weighted by Crippen LogP contribution is 2.15. The van der Waals surface area contributed by atoms with Gasteiger partial charge in [0, 0.05) is 45.8 Å². The molecule has 0 unspecified atom stereocenters. The summed E-state index contributed by atoms with van der Waals surface area (Å²) in [5, 5.41) is 13.6. The minimum Gasteiger partial charge on any atom is -0.392 e. The number of aliphatic hydroxyl groups excluding tert-OH is 1. The maximum Gasteiger partial charge on any atom is 0.240 e. The number of rotatable bonds is 8. The molecule has 0 spiro atoms. The van der Waals surface area contributed by atoms with Crippen LogP contribution in [0.3, 0.4) is 0 Å². The molecule has 7 heteroatoms. The van der Waals surface area contributed by atoms with E-state index in [4.69, 9.17) is 9.26 Å². The summed E-state index contributed by atoms with van der Waals surface area (Å²) in [7, 11) is 1.67. The first kappa shape index (κ1) is 17.3. The van der Waals surface area contributed by atoms with Crippen molar-refractivity contribution in [3.8, 4) is 0 Å². The van der Waals surface area contributed by atoms with Crippen LogP contribution in [0.25, 0.3) is 0 Å². The lowest BCUT2D eigenvalue weighted by Gasteiger charge is -2.41. The fourth-order valence-electron chi connectivity index (χ4n) is 2.91. The summed E-state index contributed by atoms with van der Waals surface area (Å²) >= 11 is 0. The molecule has 1 N–H and O–H groups in total. The van der Waals surface area contributed by atoms with Crippen LogP contribution in [-0.4, -0.2) is 77.1 Å². The Morgan fingerprint density at radius 1 is 1.45 bits per heavy atom. The van der Waals surface area contributed by atoms with Gasteiger partial charge in [0.15, 0.2) is 5.82 Å². The van der Waals surface area contributed by atoms with E-state index in [0.717, 1.165) is 32.6 Å². The van der Waals surface area contributed by atoms with Crippen LogP contribution in [0.15, 0.2) is 4.52 Å². The third-order valence-electron chi connectivity index (χ3n) is 4.06. The van der Waals surface area contributed by atoms with E-state index in [1.54, 1.807) is 7.11 Å². The van der Waals surface area contributed by atoms with Gasteiger partial charge in [-0.05, 0) is 13.3 Å². The Kier molecular flexibility index (Phi) is 6.75. The van der Waals surface area contributed by atoms with Gasteiger partial charge in [-0.2, -0.15) is 4.98 Å². The zero-order chi connectivity index (χ0) is 15.9. The van der Waals surface area contributed by atoms with Crippen molar-refractivity contribution in [2.45, 2.75) is 45.4 Å². The molecule has 1 aliphatic heterocycles. The number of ether oxygens (including phenoxy) is 1. The number of hydrogen-bond acceptors (Lipinski definition) is 7. The minimum atomic E-state index is -0.278.